The molecule has 0 aliphatic rings. The van der Waals surface area contributed by atoms with Crippen LogP contribution in [0.3, 0.4) is 0 Å². The molecule has 2 rings (SSSR count). The van der Waals surface area contributed by atoms with Crippen LogP contribution >= 0.6 is 0 Å². The molecule has 0 saturated heterocycles. The summed E-state index contributed by atoms with van der Waals surface area (Å²) >= 11 is 0. The molecule has 0 atom stereocenters. The molecule has 0 heterocycles. The minimum absolute atomic E-state index is 0.0188. The van der Waals surface area contributed by atoms with Crippen LogP contribution in [0.1, 0.15) is 13.8 Å². The first-order valence-electron chi connectivity index (χ1n) is 7.95. The van der Waals surface area contributed by atoms with Gasteiger partial charge in [-0.2, -0.15) is 0 Å². The molecule has 0 bridgehead atoms. The predicted octanol–water partition coefficient (Wildman–Crippen LogP) is 3.02. The van der Waals surface area contributed by atoms with Crippen LogP contribution < -0.4 is 14.4 Å². The number of ether oxygens (including phenoxy) is 1. The molecule has 0 fully saturated rings. The fraction of sp³-hybridized carbons (Fsp3) is 0.278. The lowest BCUT2D eigenvalue weighted by atomic mass is 10.3. The van der Waals surface area contributed by atoms with Crippen molar-refractivity contribution in [2.45, 2.75) is 20.0 Å². The zero-order valence-corrected chi connectivity index (χ0v) is 15.6. The molecule has 140 valence electrons. The van der Waals surface area contributed by atoms with E-state index in [0.717, 1.165) is 16.6 Å². The largest absolute Gasteiger partial charge is 0.491 e. The van der Waals surface area contributed by atoms with Crippen molar-refractivity contribution in [2.75, 3.05) is 22.4 Å². The van der Waals surface area contributed by atoms with Crippen LogP contribution in [0.15, 0.2) is 48.5 Å². The Labute approximate surface area is 152 Å². The minimum Gasteiger partial charge on any atom is -0.491 e. The molecule has 2 aromatic rings. The number of amides is 1. The number of rotatable bonds is 7. The van der Waals surface area contributed by atoms with E-state index in [9.17, 15) is 17.6 Å². The normalized spacial score (nSPS) is 11.3. The number of carbonyl (C=O) groups excluding carboxylic acids is 1. The smallest absolute Gasteiger partial charge is 0.245 e. The standard InChI is InChI=1S/C18H21FN2O4S/c1-13(2)25-17-9-5-7-15(11-17)20-18(22)12-21(26(3,23)24)16-8-4-6-14(19)10-16/h4-11,13H,12H2,1-3H3,(H,20,22). The van der Waals surface area contributed by atoms with E-state index >= 15 is 0 Å². The van der Waals surface area contributed by atoms with Gasteiger partial charge in [-0.1, -0.05) is 12.1 Å². The Hall–Kier alpha value is -2.61. The number of carbonyl (C=O) groups is 1. The topological polar surface area (TPSA) is 75.7 Å². The summed E-state index contributed by atoms with van der Waals surface area (Å²) in [6, 6.07) is 11.8. The van der Waals surface area contributed by atoms with Crippen LogP contribution in [0.4, 0.5) is 15.8 Å². The van der Waals surface area contributed by atoms with Gasteiger partial charge < -0.3 is 10.1 Å². The lowest BCUT2D eigenvalue weighted by Crippen LogP contribution is -2.37. The average Bonchev–Trinajstić information content (AvgIpc) is 2.51. The van der Waals surface area contributed by atoms with Gasteiger partial charge in [-0.25, -0.2) is 12.8 Å². The number of benzene rings is 2. The molecule has 26 heavy (non-hydrogen) atoms. The predicted molar refractivity (Wildman–Crippen MR) is 99.4 cm³/mol. The Morgan fingerprint density at radius 1 is 1.19 bits per heavy atom. The van der Waals surface area contributed by atoms with Crippen LogP contribution in [0.5, 0.6) is 5.75 Å². The molecule has 6 nitrogen and oxygen atoms in total. The molecule has 0 radical (unpaired) electrons. The molecule has 1 amide bonds. The van der Waals surface area contributed by atoms with Gasteiger partial charge in [-0.3, -0.25) is 9.10 Å². The minimum atomic E-state index is -3.76. The highest BCUT2D eigenvalue weighted by molar-refractivity contribution is 7.92. The first-order chi connectivity index (χ1) is 12.1. The Bertz CT molecular complexity index is 884. The monoisotopic (exact) mass is 380 g/mol. The number of sulfonamides is 1. The average molecular weight is 380 g/mol. The summed E-state index contributed by atoms with van der Waals surface area (Å²) < 4.78 is 43.8. The van der Waals surface area contributed by atoms with E-state index < -0.39 is 28.3 Å². The van der Waals surface area contributed by atoms with Crippen molar-refractivity contribution in [3.8, 4) is 5.75 Å². The number of halogens is 1. The lowest BCUT2D eigenvalue weighted by Gasteiger charge is -2.22. The van der Waals surface area contributed by atoms with Gasteiger partial charge in [0.1, 0.15) is 18.1 Å². The van der Waals surface area contributed by atoms with Crippen molar-refractivity contribution in [1.82, 2.24) is 0 Å². The van der Waals surface area contributed by atoms with E-state index in [1.54, 1.807) is 24.3 Å². The highest BCUT2D eigenvalue weighted by Gasteiger charge is 2.21. The third-order valence-corrected chi connectivity index (χ3v) is 4.41. The molecule has 0 spiro atoms. The van der Waals surface area contributed by atoms with Gasteiger partial charge in [-0.05, 0) is 44.2 Å². The van der Waals surface area contributed by atoms with Crippen LogP contribution in [0, 0.1) is 5.82 Å². The van der Waals surface area contributed by atoms with E-state index in [1.165, 1.54) is 18.2 Å². The third kappa shape index (κ3) is 5.73. The number of hydrogen-bond acceptors (Lipinski definition) is 4. The summed E-state index contributed by atoms with van der Waals surface area (Å²) in [6.45, 7) is 3.29. The van der Waals surface area contributed by atoms with E-state index in [-0.39, 0.29) is 11.8 Å². The zero-order valence-electron chi connectivity index (χ0n) is 14.8. The molecule has 8 heteroatoms. The molecule has 0 aliphatic heterocycles. The molecule has 0 aromatic heterocycles. The quantitative estimate of drug-likeness (QED) is 0.801. The SMILES string of the molecule is CC(C)Oc1cccc(NC(=O)CN(c2cccc(F)c2)S(C)(=O)=O)c1. The van der Waals surface area contributed by atoms with Crippen molar-refractivity contribution in [3.63, 3.8) is 0 Å². The van der Waals surface area contributed by atoms with Crippen molar-refractivity contribution in [1.29, 1.82) is 0 Å². The van der Waals surface area contributed by atoms with E-state index in [2.05, 4.69) is 5.32 Å². The second-order valence-corrected chi connectivity index (χ2v) is 7.90. The number of anilines is 2. The summed E-state index contributed by atoms with van der Waals surface area (Å²) in [6.07, 6.45) is 0.942. The first-order valence-corrected chi connectivity index (χ1v) is 9.80. The molecule has 0 unspecified atom stereocenters. The molecular formula is C18H21FN2O4S. The Balaban J connectivity index is 2.16. The highest BCUT2D eigenvalue weighted by atomic mass is 32.2. The molecule has 1 N–H and O–H groups in total. The maximum atomic E-state index is 13.4. The van der Waals surface area contributed by atoms with Crippen molar-refractivity contribution in [2.24, 2.45) is 0 Å². The van der Waals surface area contributed by atoms with Gasteiger partial charge in [-0.15, -0.1) is 0 Å². The maximum absolute atomic E-state index is 13.4. The zero-order chi connectivity index (χ0) is 19.3. The molecular weight excluding hydrogens is 359 g/mol. The Kier molecular flexibility index (Phi) is 6.20. The molecule has 0 saturated carbocycles. The number of nitrogens with zero attached hydrogens (tertiary/aromatic N) is 1. The first kappa shape index (κ1) is 19.7. The van der Waals surface area contributed by atoms with Gasteiger partial charge in [0.25, 0.3) is 0 Å². The fourth-order valence-electron chi connectivity index (χ4n) is 2.28. The van der Waals surface area contributed by atoms with Crippen LogP contribution in [-0.4, -0.2) is 33.2 Å². The van der Waals surface area contributed by atoms with Gasteiger partial charge in [0.05, 0.1) is 18.0 Å². The summed E-state index contributed by atoms with van der Waals surface area (Å²) in [5, 5.41) is 2.62. The van der Waals surface area contributed by atoms with Gasteiger partial charge in [0, 0.05) is 11.8 Å². The summed E-state index contributed by atoms with van der Waals surface area (Å²) in [5.41, 5.74) is 0.556. The second kappa shape index (κ2) is 8.18. The van der Waals surface area contributed by atoms with Crippen molar-refractivity contribution >= 4 is 27.3 Å². The summed E-state index contributed by atoms with van der Waals surface area (Å²) in [7, 11) is -3.76. The van der Waals surface area contributed by atoms with Gasteiger partial charge in [0.2, 0.25) is 15.9 Å². The summed E-state index contributed by atoms with van der Waals surface area (Å²) in [4.78, 5) is 12.3. The molecule has 2 aromatic carbocycles. The highest BCUT2D eigenvalue weighted by Crippen LogP contribution is 2.20. The van der Waals surface area contributed by atoms with Crippen molar-refractivity contribution in [3.05, 3.63) is 54.3 Å². The Morgan fingerprint density at radius 2 is 1.88 bits per heavy atom. The summed E-state index contributed by atoms with van der Waals surface area (Å²) in [5.74, 6) is -0.556. The number of nitrogens with one attached hydrogen (secondary N) is 1. The van der Waals surface area contributed by atoms with E-state index in [4.69, 9.17) is 4.74 Å². The third-order valence-electron chi connectivity index (χ3n) is 3.27. The van der Waals surface area contributed by atoms with Gasteiger partial charge in [0.15, 0.2) is 0 Å². The second-order valence-electron chi connectivity index (χ2n) is 5.99. The number of hydrogen-bond donors (Lipinski definition) is 1. The van der Waals surface area contributed by atoms with Crippen molar-refractivity contribution < 1.29 is 22.3 Å². The van der Waals surface area contributed by atoms with E-state index in [0.29, 0.717) is 11.4 Å². The fourth-order valence-corrected chi connectivity index (χ4v) is 3.13. The van der Waals surface area contributed by atoms with Crippen LogP contribution in [0.2, 0.25) is 0 Å². The van der Waals surface area contributed by atoms with Crippen LogP contribution in [-0.2, 0) is 14.8 Å². The Morgan fingerprint density at radius 3 is 2.50 bits per heavy atom. The lowest BCUT2D eigenvalue weighted by molar-refractivity contribution is -0.114. The van der Waals surface area contributed by atoms with Gasteiger partial charge >= 0.3 is 0 Å². The molecule has 0 aliphatic carbocycles. The van der Waals surface area contributed by atoms with E-state index in [1.807, 2.05) is 13.8 Å². The maximum Gasteiger partial charge on any atom is 0.245 e. The van der Waals surface area contributed by atoms with Crippen LogP contribution in [0.25, 0.3) is 0 Å².